The molecule has 0 spiro atoms. The van der Waals surface area contributed by atoms with Gasteiger partial charge in [-0.3, -0.25) is 4.90 Å². The maximum Gasteiger partial charge on any atom is 0.0434 e. The lowest BCUT2D eigenvalue weighted by Crippen LogP contribution is -2.53. The molecule has 1 fully saturated rings. The average molecular weight is 227 g/mol. The quantitative estimate of drug-likeness (QED) is 0.705. The van der Waals surface area contributed by atoms with Gasteiger partial charge in [0.1, 0.15) is 0 Å². The van der Waals surface area contributed by atoms with Crippen LogP contribution in [0.4, 0.5) is 0 Å². The highest BCUT2D eigenvalue weighted by Gasteiger charge is 2.37. The highest BCUT2D eigenvalue weighted by molar-refractivity contribution is 4.92. The number of aliphatic hydroxyl groups excluding tert-OH is 1. The predicted molar refractivity (Wildman–Crippen MR) is 69.6 cm³/mol. The summed E-state index contributed by atoms with van der Waals surface area (Å²) in [5.41, 5.74) is 0.286. The Kier molecular flexibility index (Phi) is 5.77. The molecule has 0 bridgehead atoms. The van der Waals surface area contributed by atoms with Gasteiger partial charge < -0.3 is 5.11 Å². The minimum atomic E-state index is 0.286. The standard InChI is InChI=1S/C14H29NO/c1-4-5-6-10-15-11-7-8-13(9-12-16)14(15,2)3/h13,16H,4-12H2,1-3H3. The van der Waals surface area contributed by atoms with Crippen molar-refractivity contribution >= 4 is 0 Å². The topological polar surface area (TPSA) is 23.5 Å². The number of likely N-dealkylation sites (tertiary alicyclic amines) is 1. The van der Waals surface area contributed by atoms with E-state index in [2.05, 4.69) is 25.7 Å². The third-order valence-corrected chi connectivity index (χ3v) is 4.30. The Morgan fingerprint density at radius 3 is 2.69 bits per heavy atom. The number of hydrogen-bond donors (Lipinski definition) is 1. The number of nitrogens with zero attached hydrogens (tertiary/aromatic N) is 1. The van der Waals surface area contributed by atoms with E-state index in [0.717, 1.165) is 6.42 Å². The normalized spacial score (nSPS) is 25.9. The summed E-state index contributed by atoms with van der Waals surface area (Å²) in [4.78, 5) is 2.65. The van der Waals surface area contributed by atoms with Gasteiger partial charge in [0.15, 0.2) is 0 Å². The molecule has 1 heterocycles. The Bertz CT molecular complexity index is 189. The van der Waals surface area contributed by atoms with Gasteiger partial charge in [0, 0.05) is 12.1 Å². The molecule has 2 heteroatoms. The van der Waals surface area contributed by atoms with E-state index in [9.17, 15) is 0 Å². The van der Waals surface area contributed by atoms with Crippen molar-refractivity contribution in [2.45, 2.75) is 64.8 Å². The van der Waals surface area contributed by atoms with Crippen LogP contribution in [-0.2, 0) is 0 Å². The van der Waals surface area contributed by atoms with Crippen molar-refractivity contribution < 1.29 is 5.11 Å². The molecule has 2 nitrogen and oxygen atoms in total. The van der Waals surface area contributed by atoms with Crippen LogP contribution < -0.4 is 0 Å². The minimum Gasteiger partial charge on any atom is -0.396 e. The molecule has 0 saturated carbocycles. The van der Waals surface area contributed by atoms with Gasteiger partial charge in [0.25, 0.3) is 0 Å². The molecular weight excluding hydrogens is 198 g/mol. The zero-order valence-corrected chi connectivity index (χ0v) is 11.3. The lowest BCUT2D eigenvalue weighted by Gasteiger charge is -2.48. The monoisotopic (exact) mass is 227 g/mol. The SMILES string of the molecule is CCCCCN1CCCC(CCO)C1(C)C. The summed E-state index contributed by atoms with van der Waals surface area (Å²) in [6, 6.07) is 0. The summed E-state index contributed by atoms with van der Waals surface area (Å²) in [5, 5.41) is 9.13. The van der Waals surface area contributed by atoms with Crippen LogP contribution in [0.3, 0.4) is 0 Å². The average Bonchev–Trinajstić information content (AvgIpc) is 2.24. The van der Waals surface area contributed by atoms with Crippen molar-refractivity contribution in [3.05, 3.63) is 0 Å². The summed E-state index contributed by atoms with van der Waals surface area (Å²) in [7, 11) is 0. The van der Waals surface area contributed by atoms with Crippen LogP contribution in [0.25, 0.3) is 0 Å². The van der Waals surface area contributed by atoms with Crippen LogP contribution >= 0.6 is 0 Å². The van der Waals surface area contributed by atoms with Gasteiger partial charge in [-0.05, 0) is 58.5 Å². The molecule has 1 unspecified atom stereocenters. The molecule has 0 aromatic heterocycles. The number of piperidine rings is 1. The third kappa shape index (κ3) is 3.46. The number of hydrogen-bond acceptors (Lipinski definition) is 2. The van der Waals surface area contributed by atoms with Crippen molar-refractivity contribution in [2.24, 2.45) is 5.92 Å². The Labute approximate surface area is 101 Å². The van der Waals surface area contributed by atoms with Crippen LogP contribution in [0.1, 0.15) is 59.3 Å². The van der Waals surface area contributed by atoms with Crippen LogP contribution in [0.5, 0.6) is 0 Å². The van der Waals surface area contributed by atoms with Crippen molar-refractivity contribution in [2.75, 3.05) is 19.7 Å². The minimum absolute atomic E-state index is 0.286. The second-order valence-corrected chi connectivity index (χ2v) is 5.70. The summed E-state index contributed by atoms with van der Waals surface area (Å²) in [6.07, 6.45) is 7.53. The van der Waals surface area contributed by atoms with E-state index in [4.69, 9.17) is 5.11 Å². The molecule has 96 valence electrons. The summed E-state index contributed by atoms with van der Waals surface area (Å²) in [6.45, 7) is 9.81. The zero-order chi connectivity index (χ0) is 12.0. The van der Waals surface area contributed by atoms with Crippen LogP contribution in [0.15, 0.2) is 0 Å². The van der Waals surface area contributed by atoms with Gasteiger partial charge in [-0.1, -0.05) is 19.8 Å². The lowest BCUT2D eigenvalue weighted by atomic mass is 9.77. The molecule has 1 atom stereocenters. The third-order valence-electron chi connectivity index (χ3n) is 4.30. The molecule has 1 rings (SSSR count). The largest absolute Gasteiger partial charge is 0.396 e. The van der Waals surface area contributed by atoms with E-state index in [0.29, 0.717) is 12.5 Å². The highest BCUT2D eigenvalue weighted by atomic mass is 16.3. The Hall–Kier alpha value is -0.0800. The van der Waals surface area contributed by atoms with Gasteiger partial charge in [0.05, 0.1) is 0 Å². The fourth-order valence-corrected chi connectivity index (χ4v) is 3.03. The van der Waals surface area contributed by atoms with Crippen molar-refractivity contribution in [3.63, 3.8) is 0 Å². The Morgan fingerprint density at radius 1 is 1.31 bits per heavy atom. The first kappa shape index (κ1) is 14.0. The van der Waals surface area contributed by atoms with Crippen LogP contribution in [-0.4, -0.2) is 35.2 Å². The molecule has 1 saturated heterocycles. The van der Waals surface area contributed by atoms with Crippen molar-refractivity contribution in [3.8, 4) is 0 Å². The summed E-state index contributed by atoms with van der Waals surface area (Å²) < 4.78 is 0. The second kappa shape index (κ2) is 6.61. The zero-order valence-electron chi connectivity index (χ0n) is 11.3. The van der Waals surface area contributed by atoms with Gasteiger partial charge in [-0.2, -0.15) is 0 Å². The van der Waals surface area contributed by atoms with E-state index in [1.54, 1.807) is 0 Å². The smallest absolute Gasteiger partial charge is 0.0434 e. The first-order valence-corrected chi connectivity index (χ1v) is 6.98. The maximum atomic E-state index is 9.13. The van der Waals surface area contributed by atoms with Crippen LogP contribution in [0, 0.1) is 5.92 Å². The predicted octanol–water partition coefficient (Wildman–Crippen LogP) is 3.05. The highest BCUT2D eigenvalue weighted by Crippen LogP contribution is 2.35. The van der Waals surface area contributed by atoms with E-state index in [1.807, 2.05) is 0 Å². The Morgan fingerprint density at radius 2 is 2.06 bits per heavy atom. The van der Waals surface area contributed by atoms with Gasteiger partial charge in [-0.25, -0.2) is 0 Å². The molecule has 1 aliphatic heterocycles. The number of unbranched alkanes of at least 4 members (excludes halogenated alkanes) is 2. The van der Waals surface area contributed by atoms with E-state index in [-0.39, 0.29) is 5.54 Å². The molecule has 16 heavy (non-hydrogen) atoms. The van der Waals surface area contributed by atoms with E-state index >= 15 is 0 Å². The van der Waals surface area contributed by atoms with Gasteiger partial charge >= 0.3 is 0 Å². The molecule has 1 N–H and O–H groups in total. The molecule has 1 aliphatic rings. The molecule has 0 aromatic carbocycles. The second-order valence-electron chi connectivity index (χ2n) is 5.70. The Balaban J connectivity index is 2.48. The summed E-state index contributed by atoms with van der Waals surface area (Å²) in [5.74, 6) is 0.674. The van der Waals surface area contributed by atoms with Crippen LogP contribution in [0.2, 0.25) is 0 Å². The van der Waals surface area contributed by atoms with E-state index < -0.39 is 0 Å². The molecule has 0 aromatic rings. The number of rotatable bonds is 6. The van der Waals surface area contributed by atoms with Gasteiger partial charge in [0.2, 0.25) is 0 Å². The summed E-state index contributed by atoms with van der Waals surface area (Å²) >= 11 is 0. The molecule has 0 radical (unpaired) electrons. The molecule has 0 amide bonds. The fourth-order valence-electron chi connectivity index (χ4n) is 3.03. The number of aliphatic hydroxyl groups is 1. The first-order valence-electron chi connectivity index (χ1n) is 6.98. The maximum absolute atomic E-state index is 9.13. The van der Waals surface area contributed by atoms with Gasteiger partial charge in [-0.15, -0.1) is 0 Å². The molecular formula is C14H29NO. The fraction of sp³-hybridized carbons (Fsp3) is 1.00. The molecule has 0 aliphatic carbocycles. The van der Waals surface area contributed by atoms with Crippen molar-refractivity contribution in [1.29, 1.82) is 0 Å². The van der Waals surface area contributed by atoms with Crippen molar-refractivity contribution in [1.82, 2.24) is 4.90 Å². The first-order chi connectivity index (χ1) is 7.62. The van der Waals surface area contributed by atoms with E-state index in [1.165, 1.54) is 45.2 Å². The lowest BCUT2D eigenvalue weighted by molar-refractivity contribution is 0.00985.